The van der Waals surface area contributed by atoms with Gasteiger partial charge in [0.05, 0.1) is 29.7 Å². The molecule has 26 heavy (non-hydrogen) atoms. The Morgan fingerprint density at radius 2 is 1.81 bits per heavy atom. The molecule has 138 valence electrons. The summed E-state index contributed by atoms with van der Waals surface area (Å²) in [4.78, 5) is 28.4. The van der Waals surface area contributed by atoms with Gasteiger partial charge in [-0.15, -0.1) is 0 Å². The monoisotopic (exact) mass is 355 g/mol. The number of nitrogens with one attached hydrogen (secondary N) is 2. The molecule has 2 aromatic rings. The van der Waals surface area contributed by atoms with Gasteiger partial charge in [-0.1, -0.05) is 26.0 Å². The molecule has 0 bridgehead atoms. The average molecular weight is 355 g/mol. The van der Waals surface area contributed by atoms with Crippen molar-refractivity contribution < 1.29 is 14.3 Å². The number of aromatic nitrogens is 1. The van der Waals surface area contributed by atoms with Crippen LogP contribution in [0.15, 0.2) is 42.6 Å². The standard InChI is InChI=1S/C20H25N3O3/c1-4-14(5-2)19(24)23-18-12-11-15(13-21-18)22-17-10-8-7-9-16(17)20(25)26-6-3/h7-14,22H,4-6H2,1-3H3,(H,21,23,24). The first kappa shape index (κ1) is 19.4. The van der Waals surface area contributed by atoms with Gasteiger partial charge in [0.1, 0.15) is 5.82 Å². The molecule has 0 fully saturated rings. The number of benzene rings is 1. The molecule has 0 unspecified atom stereocenters. The van der Waals surface area contributed by atoms with E-state index in [0.29, 0.717) is 29.4 Å². The molecule has 6 heteroatoms. The Kier molecular flexibility index (Phi) is 7.14. The second-order valence-electron chi connectivity index (χ2n) is 5.83. The first-order valence-electron chi connectivity index (χ1n) is 8.89. The van der Waals surface area contributed by atoms with Gasteiger partial charge < -0.3 is 15.4 Å². The summed E-state index contributed by atoms with van der Waals surface area (Å²) in [5, 5.41) is 5.99. The van der Waals surface area contributed by atoms with Crippen LogP contribution in [0.25, 0.3) is 0 Å². The average Bonchev–Trinajstić information content (AvgIpc) is 2.65. The Balaban J connectivity index is 2.08. The van der Waals surface area contributed by atoms with Crippen LogP contribution in [0.1, 0.15) is 44.0 Å². The molecule has 1 heterocycles. The SMILES string of the molecule is CCOC(=O)c1ccccc1Nc1ccc(NC(=O)C(CC)CC)nc1. The summed E-state index contributed by atoms with van der Waals surface area (Å²) in [7, 11) is 0. The molecule has 0 radical (unpaired) electrons. The summed E-state index contributed by atoms with van der Waals surface area (Å²) < 4.78 is 5.07. The Bertz CT molecular complexity index is 740. The van der Waals surface area contributed by atoms with E-state index in [0.717, 1.165) is 12.8 Å². The van der Waals surface area contributed by atoms with Crippen LogP contribution in [0.2, 0.25) is 0 Å². The lowest BCUT2D eigenvalue weighted by atomic mass is 10.0. The van der Waals surface area contributed by atoms with Crippen LogP contribution in [0.4, 0.5) is 17.2 Å². The van der Waals surface area contributed by atoms with E-state index in [1.165, 1.54) is 0 Å². The smallest absolute Gasteiger partial charge is 0.340 e. The van der Waals surface area contributed by atoms with E-state index < -0.39 is 0 Å². The van der Waals surface area contributed by atoms with Crippen LogP contribution in [0.3, 0.4) is 0 Å². The first-order chi connectivity index (χ1) is 12.6. The Morgan fingerprint density at radius 1 is 1.08 bits per heavy atom. The predicted octanol–water partition coefficient (Wildman–Crippen LogP) is 4.38. The van der Waals surface area contributed by atoms with Crippen LogP contribution in [-0.2, 0) is 9.53 Å². The number of pyridine rings is 1. The zero-order chi connectivity index (χ0) is 18.9. The molecule has 1 aromatic heterocycles. The number of hydrogen-bond donors (Lipinski definition) is 2. The number of rotatable bonds is 8. The fraction of sp³-hybridized carbons (Fsp3) is 0.350. The second-order valence-corrected chi connectivity index (χ2v) is 5.83. The molecule has 0 saturated carbocycles. The summed E-state index contributed by atoms with van der Waals surface area (Å²) in [6, 6.07) is 10.7. The number of ether oxygens (including phenoxy) is 1. The van der Waals surface area contributed by atoms with Crippen LogP contribution in [0.5, 0.6) is 0 Å². The van der Waals surface area contributed by atoms with Crippen LogP contribution >= 0.6 is 0 Å². The highest BCUT2D eigenvalue weighted by atomic mass is 16.5. The normalized spacial score (nSPS) is 10.5. The molecular formula is C20H25N3O3. The quantitative estimate of drug-likeness (QED) is 0.687. The molecule has 0 atom stereocenters. The van der Waals surface area contributed by atoms with Gasteiger partial charge in [-0.3, -0.25) is 4.79 Å². The third kappa shape index (κ3) is 5.05. The Hall–Kier alpha value is -2.89. The van der Waals surface area contributed by atoms with Gasteiger partial charge in [0.25, 0.3) is 0 Å². The summed E-state index contributed by atoms with van der Waals surface area (Å²) in [6.07, 6.45) is 3.21. The van der Waals surface area contributed by atoms with Gasteiger partial charge >= 0.3 is 5.97 Å². The van der Waals surface area contributed by atoms with Crippen LogP contribution in [-0.4, -0.2) is 23.5 Å². The fourth-order valence-corrected chi connectivity index (χ4v) is 2.56. The van der Waals surface area contributed by atoms with Gasteiger partial charge in [-0.05, 0) is 44.0 Å². The summed E-state index contributed by atoms with van der Waals surface area (Å²) in [5.74, 6) is 0.102. The van der Waals surface area contributed by atoms with Crippen molar-refractivity contribution in [1.82, 2.24) is 4.98 Å². The first-order valence-corrected chi connectivity index (χ1v) is 8.89. The number of carbonyl (C=O) groups excluding carboxylic acids is 2. The fourth-order valence-electron chi connectivity index (χ4n) is 2.56. The molecule has 0 aliphatic rings. The van der Waals surface area contributed by atoms with E-state index in [1.54, 1.807) is 43.5 Å². The number of carbonyl (C=O) groups is 2. The largest absolute Gasteiger partial charge is 0.462 e. The zero-order valence-corrected chi connectivity index (χ0v) is 15.4. The summed E-state index contributed by atoms with van der Waals surface area (Å²) >= 11 is 0. The zero-order valence-electron chi connectivity index (χ0n) is 15.4. The van der Waals surface area contributed by atoms with E-state index in [4.69, 9.17) is 4.74 Å². The van der Waals surface area contributed by atoms with Crippen LogP contribution in [0, 0.1) is 5.92 Å². The van der Waals surface area contributed by atoms with Crippen molar-refractivity contribution in [2.45, 2.75) is 33.6 Å². The number of hydrogen-bond acceptors (Lipinski definition) is 5. The minimum atomic E-state index is -0.377. The highest BCUT2D eigenvalue weighted by Crippen LogP contribution is 2.22. The molecule has 1 aromatic carbocycles. The maximum atomic E-state index is 12.1. The summed E-state index contributed by atoms with van der Waals surface area (Å²) in [5.41, 5.74) is 1.81. The van der Waals surface area contributed by atoms with Crippen molar-refractivity contribution >= 4 is 29.1 Å². The van der Waals surface area contributed by atoms with Gasteiger partial charge in [-0.25, -0.2) is 9.78 Å². The molecule has 0 aliphatic heterocycles. The lowest BCUT2D eigenvalue weighted by Crippen LogP contribution is -2.22. The Labute approximate surface area is 154 Å². The second kappa shape index (κ2) is 9.56. The Morgan fingerprint density at radius 3 is 2.42 bits per heavy atom. The maximum Gasteiger partial charge on any atom is 0.340 e. The van der Waals surface area contributed by atoms with Gasteiger partial charge in [-0.2, -0.15) is 0 Å². The van der Waals surface area contributed by atoms with Crippen LogP contribution < -0.4 is 10.6 Å². The minimum Gasteiger partial charge on any atom is -0.462 e. The molecule has 0 spiro atoms. The number of nitrogens with zero attached hydrogens (tertiary/aromatic N) is 1. The van der Waals surface area contributed by atoms with E-state index in [1.807, 2.05) is 19.9 Å². The highest BCUT2D eigenvalue weighted by Gasteiger charge is 2.15. The lowest BCUT2D eigenvalue weighted by Gasteiger charge is -2.13. The predicted molar refractivity (Wildman–Crippen MR) is 103 cm³/mol. The van der Waals surface area contributed by atoms with E-state index in [9.17, 15) is 9.59 Å². The van der Waals surface area contributed by atoms with Gasteiger partial charge in [0.15, 0.2) is 0 Å². The molecule has 6 nitrogen and oxygen atoms in total. The minimum absolute atomic E-state index is 0.00828. The van der Waals surface area contributed by atoms with Crippen molar-refractivity contribution in [1.29, 1.82) is 0 Å². The molecular weight excluding hydrogens is 330 g/mol. The van der Waals surface area contributed by atoms with Crippen molar-refractivity contribution in [3.63, 3.8) is 0 Å². The third-order valence-electron chi connectivity index (χ3n) is 4.07. The van der Waals surface area contributed by atoms with Crippen molar-refractivity contribution in [2.75, 3.05) is 17.2 Å². The topological polar surface area (TPSA) is 80.3 Å². The number of amides is 1. The van der Waals surface area contributed by atoms with E-state index >= 15 is 0 Å². The van der Waals surface area contributed by atoms with E-state index in [2.05, 4.69) is 15.6 Å². The number of esters is 1. The molecule has 2 rings (SSSR count). The van der Waals surface area contributed by atoms with Gasteiger partial charge in [0, 0.05) is 5.92 Å². The van der Waals surface area contributed by atoms with Crippen molar-refractivity contribution in [3.8, 4) is 0 Å². The molecule has 0 saturated heterocycles. The van der Waals surface area contributed by atoms with Crippen molar-refractivity contribution in [2.24, 2.45) is 5.92 Å². The lowest BCUT2D eigenvalue weighted by molar-refractivity contribution is -0.120. The maximum absolute atomic E-state index is 12.1. The number of anilines is 3. The summed E-state index contributed by atoms with van der Waals surface area (Å²) in [6.45, 7) is 6.08. The molecule has 0 aliphatic carbocycles. The highest BCUT2D eigenvalue weighted by molar-refractivity contribution is 5.96. The molecule has 1 amide bonds. The van der Waals surface area contributed by atoms with Gasteiger partial charge in [0.2, 0.25) is 5.91 Å². The molecule has 2 N–H and O–H groups in total. The van der Waals surface area contributed by atoms with Crippen molar-refractivity contribution in [3.05, 3.63) is 48.2 Å². The number of para-hydroxylation sites is 1. The third-order valence-corrected chi connectivity index (χ3v) is 4.07. The van der Waals surface area contributed by atoms with E-state index in [-0.39, 0.29) is 17.8 Å².